The topological polar surface area (TPSA) is 43.4 Å². The van der Waals surface area contributed by atoms with Gasteiger partial charge in [0.1, 0.15) is 5.41 Å². The number of hydrogen-bond donors (Lipinski definition) is 0. The van der Waals surface area contributed by atoms with Crippen molar-refractivity contribution in [3.63, 3.8) is 0 Å². The number of methoxy groups -OCH3 is 1. The van der Waals surface area contributed by atoms with Crippen LogP contribution in [0.4, 0.5) is 0 Å². The average molecular weight is 245 g/mol. The maximum Gasteiger partial charge on any atom is 0.319 e. The molecule has 15 heavy (non-hydrogen) atoms. The average Bonchev–Trinajstić information content (AvgIpc) is 2.94. The third-order valence-corrected chi connectivity index (χ3v) is 3.79. The molecule has 0 N–H and O–H groups in total. The van der Waals surface area contributed by atoms with E-state index in [0.717, 1.165) is 0 Å². The van der Waals surface area contributed by atoms with Crippen LogP contribution >= 0.6 is 22.9 Å². The Balaban J connectivity index is 2.25. The van der Waals surface area contributed by atoms with Crippen molar-refractivity contribution in [3.05, 3.63) is 21.3 Å². The molecule has 1 heterocycles. The van der Waals surface area contributed by atoms with Crippen LogP contribution in [0.15, 0.2) is 12.1 Å². The number of carbonyl (C=O) groups is 2. The summed E-state index contributed by atoms with van der Waals surface area (Å²) < 4.78 is 5.19. The molecule has 80 valence electrons. The molecule has 0 atom stereocenters. The highest BCUT2D eigenvalue weighted by atomic mass is 35.5. The van der Waals surface area contributed by atoms with E-state index in [1.54, 1.807) is 12.1 Å². The molecule has 0 saturated heterocycles. The van der Waals surface area contributed by atoms with Gasteiger partial charge in [-0.2, -0.15) is 0 Å². The summed E-state index contributed by atoms with van der Waals surface area (Å²) in [7, 11) is 1.30. The molecule has 0 radical (unpaired) electrons. The molecule has 0 spiro atoms. The number of ketones is 1. The van der Waals surface area contributed by atoms with Crippen molar-refractivity contribution in [2.75, 3.05) is 7.11 Å². The summed E-state index contributed by atoms with van der Waals surface area (Å²) in [5, 5.41) is 0. The molecule has 1 aliphatic carbocycles. The third-order valence-electron chi connectivity index (χ3n) is 2.56. The Kier molecular flexibility index (Phi) is 2.56. The first kappa shape index (κ1) is 10.6. The number of Topliss-reactive ketones (excluding diaryl/α,β-unsaturated/α-hetero) is 1. The second-order valence-corrected chi connectivity index (χ2v) is 5.22. The van der Waals surface area contributed by atoms with Gasteiger partial charge < -0.3 is 4.74 Å². The van der Waals surface area contributed by atoms with Gasteiger partial charge in [-0.3, -0.25) is 9.59 Å². The smallest absolute Gasteiger partial charge is 0.319 e. The molecule has 5 heteroatoms. The van der Waals surface area contributed by atoms with E-state index in [9.17, 15) is 9.59 Å². The fourth-order valence-electron chi connectivity index (χ4n) is 1.52. The number of esters is 1. The summed E-state index contributed by atoms with van der Waals surface area (Å²) in [5.74, 6) is -0.594. The van der Waals surface area contributed by atoms with Crippen molar-refractivity contribution in [2.45, 2.75) is 12.8 Å². The molecule has 0 amide bonds. The summed E-state index contributed by atoms with van der Waals surface area (Å²) in [6, 6.07) is 3.31. The molecule has 2 rings (SSSR count). The summed E-state index contributed by atoms with van der Waals surface area (Å²) in [6.45, 7) is 0. The molecule has 1 aromatic rings. The zero-order valence-electron chi connectivity index (χ0n) is 8.08. The van der Waals surface area contributed by atoms with Crippen LogP contribution in [0, 0.1) is 5.41 Å². The van der Waals surface area contributed by atoms with E-state index in [1.165, 1.54) is 18.4 Å². The van der Waals surface area contributed by atoms with Crippen molar-refractivity contribution in [2.24, 2.45) is 5.41 Å². The second kappa shape index (κ2) is 3.61. The lowest BCUT2D eigenvalue weighted by molar-refractivity contribution is -0.144. The number of hydrogen-bond acceptors (Lipinski definition) is 4. The van der Waals surface area contributed by atoms with E-state index < -0.39 is 11.4 Å². The molecule has 1 fully saturated rings. The first-order valence-electron chi connectivity index (χ1n) is 4.49. The predicted molar refractivity (Wildman–Crippen MR) is 57.3 cm³/mol. The first-order chi connectivity index (χ1) is 7.10. The summed E-state index contributed by atoms with van der Waals surface area (Å²) in [6.07, 6.45) is 1.15. The van der Waals surface area contributed by atoms with Crippen LogP contribution in [-0.4, -0.2) is 18.9 Å². The Morgan fingerprint density at radius 3 is 2.53 bits per heavy atom. The van der Waals surface area contributed by atoms with Gasteiger partial charge in [-0.15, -0.1) is 11.3 Å². The highest BCUT2D eigenvalue weighted by Crippen LogP contribution is 2.50. The number of thiophene rings is 1. The van der Waals surface area contributed by atoms with Crippen molar-refractivity contribution in [3.8, 4) is 0 Å². The van der Waals surface area contributed by atoms with Crippen molar-refractivity contribution in [1.29, 1.82) is 0 Å². The molecule has 1 aliphatic rings. The van der Waals surface area contributed by atoms with Crippen LogP contribution in [0.5, 0.6) is 0 Å². The Labute approximate surface area is 96.0 Å². The van der Waals surface area contributed by atoms with Crippen LogP contribution in [0.3, 0.4) is 0 Å². The first-order valence-corrected chi connectivity index (χ1v) is 5.68. The van der Waals surface area contributed by atoms with Gasteiger partial charge in [-0.05, 0) is 25.0 Å². The van der Waals surface area contributed by atoms with E-state index in [1.807, 2.05) is 0 Å². The molecule has 3 nitrogen and oxygen atoms in total. The van der Waals surface area contributed by atoms with Gasteiger partial charge in [0.25, 0.3) is 0 Å². The van der Waals surface area contributed by atoms with Crippen LogP contribution in [-0.2, 0) is 9.53 Å². The minimum Gasteiger partial charge on any atom is -0.468 e. The lowest BCUT2D eigenvalue weighted by Crippen LogP contribution is -2.26. The Morgan fingerprint density at radius 1 is 1.47 bits per heavy atom. The minimum absolute atomic E-state index is 0.161. The minimum atomic E-state index is -0.914. The lowest BCUT2D eigenvalue weighted by Gasteiger charge is -2.09. The van der Waals surface area contributed by atoms with Gasteiger partial charge in [0.15, 0.2) is 5.78 Å². The van der Waals surface area contributed by atoms with Gasteiger partial charge in [0.05, 0.1) is 16.3 Å². The highest BCUT2D eigenvalue weighted by Gasteiger charge is 2.57. The van der Waals surface area contributed by atoms with Crippen molar-refractivity contribution in [1.82, 2.24) is 0 Å². The summed E-state index contributed by atoms with van der Waals surface area (Å²) in [5.41, 5.74) is -0.914. The fraction of sp³-hybridized carbons (Fsp3) is 0.400. The Hall–Kier alpha value is -0.870. The molecule has 0 aromatic carbocycles. The maximum atomic E-state index is 12.0. The SMILES string of the molecule is COC(=O)C1(C(=O)c2ccc(Cl)s2)CC1. The number of carbonyl (C=O) groups excluding carboxylic acids is 2. The van der Waals surface area contributed by atoms with Crippen LogP contribution in [0.25, 0.3) is 0 Å². The van der Waals surface area contributed by atoms with E-state index in [4.69, 9.17) is 11.6 Å². The van der Waals surface area contributed by atoms with E-state index in [-0.39, 0.29) is 5.78 Å². The van der Waals surface area contributed by atoms with Crippen LogP contribution < -0.4 is 0 Å². The van der Waals surface area contributed by atoms with E-state index in [0.29, 0.717) is 22.1 Å². The molecule has 1 aromatic heterocycles. The molecule has 0 aliphatic heterocycles. The fourth-order valence-corrected chi connectivity index (χ4v) is 2.60. The van der Waals surface area contributed by atoms with Gasteiger partial charge >= 0.3 is 5.97 Å². The number of halogens is 1. The summed E-state index contributed by atoms with van der Waals surface area (Å²) in [4.78, 5) is 24.0. The monoisotopic (exact) mass is 244 g/mol. The van der Waals surface area contributed by atoms with Crippen LogP contribution in [0.2, 0.25) is 4.34 Å². The zero-order valence-corrected chi connectivity index (χ0v) is 9.65. The number of ether oxygens (including phenoxy) is 1. The van der Waals surface area contributed by atoms with Crippen molar-refractivity contribution < 1.29 is 14.3 Å². The van der Waals surface area contributed by atoms with Crippen LogP contribution in [0.1, 0.15) is 22.5 Å². The largest absolute Gasteiger partial charge is 0.468 e. The Bertz CT molecular complexity index is 420. The van der Waals surface area contributed by atoms with E-state index in [2.05, 4.69) is 4.74 Å². The van der Waals surface area contributed by atoms with Crippen molar-refractivity contribution >= 4 is 34.7 Å². The van der Waals surface area contributed by atoms with Gasteiger partial charge in [0.2, 0.25) is 0 Å². The Morgan fingerprint density at radius 2 is 2.13 bits per heavy atom. The maximum absolute atomic E-state index is 12.0. The predicted octanol–water partition coefficient (Wildman–Crippen LogP) is 2.54. The molecule has 1 saturated carbocycles. The molecular weight excluding hydrogens is 236 g/mol. The zero-order chi connectivity index (χ0) is 11.1. The number of rotatable bonds is 3. The van der Waals surface area contributed by atoms with E-state index >= 15 is 0 Å². The highest BCUT2D eigenvalue weighted by molar-refractivity contribution is 7.18. The third kappa shape index (κ3) is 1.68. The summed E-state index contributed by atoms with van der Waals surface area (Å²) >= 11 is 6.94. The molecule has 0 bridgehead atoms. The van der Waals surface area contributed by atoms with Gasteiger partial charge in [0, 0.05) is 0 Å². The van der Waals surface area contributed by atoms with Gasteiger partial charge in [-0.1, -0.05) is 11.6 Å². The lowest BCUT2D eigenvalue weighted by atomic mass is 10.0. The molecular formula is C10H9ClO3S. The molecule has 0 unspecified atom stereocenters. The second-order valence-electron chi connectivity index (χ2n) is 3.51. The quantitative estimate of drug-likeness (QED) is 0.466. The normalized spacial score (nSPS) is 17.2. The van der Waals surface area contributed by atoms with Gasteiger partial charge in [-0.25, -0.2) is 0 Å². The standard InChI is InChI=1S/C10H9ClO3S/c1-14-9(13)10(4-5-10)8(12)6-2-3-7(11)15-6/h2-3H,4-5H2,1H3.